The fourth-order valence-corrected chi connectivity index (χ4v) is 2.82. The summed E-state index contributed by atoms with van der Waals surface area (Å²) in [6, 6.07) is 14.8. The van der Waals surface area contributed by atoms with E-state index in [-0.39, 0.29) is 0 Å². The van der Waals surface area contributed by atoms with Crippen LogP contribution in [0, 0.1) is 0 Å². The van der Waals surface area contributed by atoms with E-state index in [0.717, 1.165) is 39.1 Å². The van der Waals surface area contributed by atoms with Crippen LogP contribution in [-0.4, -0.2) is 42.2 Å². The molecule has 1 saturated heterocycles. The third-order valence-corrected chi connectivity index (χ3v) is 3.97. The molecule has 0 N–H and O–H groups in total. The molecular formula is C18H22N2O. The SMILES string of the molecule is c1ccc(CCN2CCO[C@@H](Cc3cccnc3)C2)cc1. The molecular weight excluding hydrogens is 260 g/mol. The molecule has 0 saturated carbocycles. The smallest absolute Gasteiger partial charge is 0.0743 e. The molecule has 1 aromatic carbocycles. The molecule has 3 rings (SSSR count). The zero-order valence-corrected chi connectivity index (χ0v) is 12.3. The van der Waals surface area contributed by atoms with Crippen molar-refractivity contribution in [2.24, 2.45) is 0 Å². The summed E-state index contributed by atoms with van der Waals surface area (Å²) in [5.74, 6) is 0. The second-order valence-corrected chi connectivity index (χ2v) is 5.59. The summed E-state index contributed by atoms with van der Waals surface area (Å²) in [6.45, 7) is 3.99. The molecule has 3 heteroatoms. The molecule has 0 aliphatic carbocycles. The minimum atomic E-state index is 0.290. The van der Waals surface area contributed by atoms with Crippen LogP contribution < -0.4 is 0 Å². The minimum absolute atomic E-state index is 0.290. The van der Waals surface area contributed by atoms with Gasteiger partial charge in [0, 0.05) is 38.4 Å². The fraction of sp³-hybridized carbons (Fsp3) is 0.389. The molecule has 0 unspecified atom stereocenters. The van der Waals surface area contributed by atoms with E-state index in [1.165, 1.54) is 11.1 Å². The Bertz CT molecular complexity index is 529. The van der Waals surface area contributed by atoms with Crippen LogP contribution in [0.3, 0.4) is 0 Å². The monoisotopic (exact) mass is 282 g/mol. The molecule has 1 aromatic heterocycles. The van der Waals surface area contributed by atoms with Gasteiger partial charge in [0.2, 0.25) is 0 Å². The van der Waals surface area contributed by atoms with Crippen molar-refractivity contribution < 1.29 is 4.74 Å². The highest BCUT2D eigenvalue weighted by molar-refractivity contribution is 5.15. The Balaban J connectivity index is 1.49. The van der Waals surface area contributed by atoms with Gasteiger partial charge in [0.25, 0.3) is 0 Å². The Kier molecular flexibility index (Phi) is 4.98. The molecule has 2 aromatic rings. The Morgan fingerprint density at radius 1 is 1.10 bits per heavy atom. The predicted molar refractivity (Wildman–Crippen MR) is 84.3 cm³/mol. The van der Waals surface area contributed by atoms with Crippen LogP contribution >= 0.6 is 0 Å². The average molecular weight is 282 g/mol. The highest BCUT2D eigenvalue weighted by atomic mass is 16.5. The van der Waals surface area contributed by atoms with E-state index in [4.69, 9.17) is 4.74 Å². The molecule has 3 nitrogen and oxygen atoms in total. The van der Waals surface area contributed by atoms with E-state index in [1.807, 2.05) is 18.5 Å². The molecule has 1 atom stereocenters. The summed E-state index contributed by atoms with van der Waals surface area (Å²) >= 11 is 0. The number of morpholine rings is 1. The Morgan fingerprint density at radius 2 is 1.95 bits per heavy atom. The second kappa shape index (κ2) is 7.34. The van der Waals surface area contributed by atoms with E-state index < -0.39 is 0 Å². The molecule has 2 heterocycles. The molecule has 21 heavy (non-hydrogen) atoms. The largest absolute Gasteiger partial charge is 0.375 e. The molecule has 0 radical (unpaired) electrons. The third-order valence-electron chi connectivity index (χ3n) is 3.97. The first kappa shape index (κ1) is 14.2. The number of hydrogen-bond donors (Lipinski definition) is 0. The van der Waals surface area contributed by atoms with Crippen molar-refractivity contribution >= 4 is 0 Å². The zero-order chi connectivity index (χ0) is 14.3. The van der Waals surface area contributed by atoms with Gasteiger partial charge in [-0.05, 0) is 23.6 Å². The highest BCUT2D eigenvalue weighted by Gasteiger charge is 2.20. The lowest BCUT2D eigenvalue weighted by Gasteiger charge is -2.33. The number of benzene rings is 1. The first-order valence-corrected chi connectivity index (χ1v) is 7.67. The lowest BCUT2D eigenvalue weighted by atomic mass is 10.1. The van der Waals surface area contributed by atoms with Gasteiger partial charge in [-0.25, -0.2) is 0 Å². The van der Waals surface area contributed by atoms with Crippen LogP contribution in [0.25, 0.3) is 0 Å². The lowest BCUT2D eigenvalue weighted by Crippen LogP contribution is -2.44. The van der Waals surface area contributed by atoms with E-state index in [2.05, 4.69) is 46.3 Å². The van der Waals surface area contributed by atoms with E-state index in [9.17, 15) is 0 Å². The lowest BCUT2D eigenvalue weighted by molar-refractivity contribution is -0.0271. The van der Waals surface area contributed by atoms with E-state index in [0.29, 0.717) is 6.10 Å². The quantitative estimate of drug-likeness (QED) is 0.843. The molecule has 1 aliphatic rings. The molecule has 0 amide bonds. The Labute approximate surface area is 126 Å². The molecule has 0 spiro atoms. The van der Waals surface area contributed by atoms with Crippen LogP contribution in [0.4, 0.5) is 0 Å². The highest BCUT2D eigenvalue weighted by Crippen LogP contribution is 2.12. The third kappa shape index (κ3) is 4.38. The van der Waals surface area contributed by atoms with Crippen molar-refractivity contribution in [3.8, 4) is 0 Å². The number of aromatic nitrogens is 1. The maximum Gasteiger partial charge on any atom is 0.0743 e. The maximum atomic E-state index is 5.89. The standard InChI is InChI=1S/C18H22N2O/c1-2-5-16(6-3-1)8-10-20-11-12-21-18(15-20)13-17-7-4-9-19-14-17/h1-7,9,14,18H,8,10-13,15H2/t18-/m0/s1. The molecule has 1 aliphatic heterocycles. The van der Waals surface area contributed by atoms with Gasteiger partial charge in [-0.15, -0.1) is 0 Å². The van der Waals surface area contributed by atoms with Crippen LogP contribution in [0.1, 0.15) is 11.1 Å². The summed E-state index contributed by atoms with van der Waals surface area (Å²) in [4.78, 5) is 6.69. The van der Waals surface area contributed by atoms with Gasteiger partial charge in [0.15, 0.2) is 0 Å². The van der Waals surface area contributed by atoms with Crippen LogP contribution in [-0.2, 0) is 17.6 Å². The normalized spacial score (nSPS) is 19.5. The number of pyridine rings is 1. The van der Waals surface area contributed by atoms with Crippen LogP contribution in [0.15, 0.2) is 54.9 Å². The van der Waals surface area contributed by atoms with Gasteiger partial charge in [0.1, 0.15) is 0 Å². The maximum absolute atomic E-state index is 5.89. The van der Waals surface area contributed by atoms with Gasteiger partial charge < -0.3 is 4.74 Å². The first-order valence-electron chi connectivity index (χ1n) is 7.67. The van der Waals surface area contributed by atoms with Crippen molar-refractivity contribution in [1.82, 2.24) is 9.88 Å². The summed E-state index contributed by atoms with van der Waals surface area (Å²) in [6.07, 6.45) is 6.11. The summed E-state index contributed by atoms with van der Waals surface area (Å²) in [5, 5.41) is 0. The van der Waals surface area contributed by atoms with Crippen molar-refractivity contribution in [3.05, 3.63) is 66.0 Å². The predicted octanol–water partition coefficient (Wildman–Crippen LogP) is 2.57. The van der Waals surface area contributed by atoms with E-state index >= 15 is 0 Å². The minimum Gasteiger partial charge on any atom is -0.375 e. The topological polar surface area (TPSA) is 25.4 Å². The van der Waals surface area contributed by atoms with Gasteiger partial charge in [-0.3, -0.25) is 9.88 Å². The van der Waals surface area contributed by atoms with Crippen molar-refractivity contribution in [2.45, 2.75) is 18.9 Å². The molecule has 1 fully saturated rings. The zero-order valence-electron chi connectivity index (χ0n) is 12.3. The number of hydrogen-bond acceptors (Lipinski definition) is 3. The average Bonchev–Trinajstić information content (AvgIpc) is 2.55. The van der Waals surface area contributed by atoms with Gasteiger partial charge in [-0.2, -0.15) is 0 Å². The number of nitrogens with zero attached hydrogens (tertiary/aromatic N) is 2. The Hall–Kier alpha value is -1.71. The molecule has 110 valence electrons. The Morgan fingerprint density at radius 3 is 2.76 bits per heavy atom. The summed E-state index contributed by atoms with van der Waals surface area (Å²) in [5.41, 5.74) is 2.67. The van der Waals surface area contributed by atoms with Crippen molar-refractivity contribution in [2.75, 3.05) is 26.2 Å². The first-order chi connectivity index (χ1) is 10.4. The van der Waals surface area contributed by atoms with Crippen molar-refractivity contribution in [1.29, 1.82) is 0 Å². The van der Waals surface area contributed by atoms with Crippen LogP contribution in [0.2, 0.25) is 0 Å². The fourth-order valence-electron chi connectivity index (χ4n) is 2.82. The van der Waals surface area contributed by atoms with Gasteiger partial charge in [0.05, 0.1) is 12.7 Å². The summed E-state index contributed by atoms with van der Waals surface area (Å²) < 4.78 is 5.89. The van der Waals surface area contributed by atoms with E-state index in [1.54, 1.807) is 0 Å². The number of ether oxygens (including phenoxy) is 1. The second-order valence-electron chi connectivity index (χ2n) is 5.59. The van der Waals surface area contributed by atoms with Gasteiger partial charge >= 0.3 is 0 Å². The van der Waals surface area contributed by atoms with Crippen LogP contribution in [0.5, 0.6) is 0 Å². The number of rotatable bonds is 5. The van der Waals surface area contributed by atoms with Crippen molar-refractivity contribution in [3.63, 3.8) is 0 Å². The summed E-state index contributed by atoms with van der Waals surface area (Å²) in [7, 11) is 0. The molecule has 0 bridgehead atoms. The van der Waals surface area contributed by atoms with Gasteiger partial charge in [-0.1, -0.05) is 36.4 Å².